The van der Waals surface area contributed by atoms with Gasteiger partial charge in [-0.3, -0.25) is 9.69 Å². The van der Waals surface area contributed by atoms with Gasteiger partial charge in [0.15, 0.2) is 11.5 Å². The molecule has 1 aliphatic carbocycles. The third-order valence-electron chi connectivity index (χ3n) is 5.54. The largest absolute Gasteiger partial charge is 0.493 e. The second kappa shape index (κ2) is 9.65. The molecule has 0 aliphatic heterocycles. The molecular weight excluding hydrogens is 358 g/mol. The van der Waals surface area contributed by atoms with E-state index in [2.05, 4.69) is 6.07 Å². The zero-order valence-electron chi connectivity index (χ0n) is 17.6. The number of amides is 1. The maximum atomic E-state index is 12.8. The Morgan fingerprint density at radius 3 is 2.25 bits per heavy atom. The summed E-state index contributed by atoms with van der Waals surface area (Å²) in [5.41, 5.74) is 0.225. The van der Waals surface area contributed by atoms with Crippen molar-refractivity contribution < 1.29 is 19.0 Å². The van der Waals surface area contributed by atoms with E-state index in [9.17, 15) is 10.1 Å². The number of carbonyl (C=O) groups is 1. The lowest BCUT2D eigenvalue weighted by Crippen LogP contribution is -2.52. The molecule has 1 aromatic rings. The van der Waals surface area contributed by atoms with E-state index in [0.717, 1.165) is 37.7 Å². The molecule has 7 nitrogen and oxygen atoms in total. The molecule has 0 aromatic heterocycles. The van der Waals surface area contributed by atoms with Crippen molar-refractivity contribution in [3.05, 3.63) is 17.7 Å². The van der Waals surface area contributed by atoms with Gasteiger partial charge in [0.2, 0.25) is 11.7 Å². The minimum Gasteiger partial charge on any atom is -0.493 e. The summed E-state index contributed by atoms with van der Waals surface area (Å²) in [7, 11) is 8.36. The SMILES string of the molecule is COc1ccc(CN(C)CC(=O)N(C)C2(C#N)CCCCC2)c(OC)c1OC. The summed E-state index contributed by atoms with van der Waals surface area (Å²) in [6.45, 7) is 0.722. The van der Waals surface area contributed by atoms with Crippen molar-refractivity contribution in [2.45, 2.75) is 44.2 Å². The number of methoxy groups -OCH3 is 3. The predicted molar refractivity (Wildman–Crippen MR) is 107 cm³/mol. The van der Waals surface area contributed by atoms with E-state index in [-0.39, 0.29) is 12.5 Å². The summed E-state index contributed by atoms with van der Waals surface area (Å²) in [6.07, 6.45) is 4.61. The lowest BCUT2D eigenvalue weighted by atomic mass is 9.81. The monoisotopic (exact) mass is 389 g/mol. The fraction of sp³-hybridized carbons (Fsp3) is 0.619. The van der Waals surface area contributed by atoms with Crippen LogP contribution in [-0.2, 0) is 11.3 Å². The van der Waals surface area contributed by atoms with Gasteiger partial charge in [-0.05, 0) is 26.0 Å². The van der Waals surface area contributed by atoms with Gasteiger partial charge in [0.05, 0.1) is 33.9 Å². The minimum absolute atomic E-state index is 0.0506. The fourth-order valence-electron chi connectivity index (χ4n) is 3.87. The van der Waals surface area contributed by atoms with Crippen LogP contribution in [0.4, 0.5) is 0 Å². The summed E-state index contributed by atoms with van der Waals surface area (Å²) in [4.78, 5) is 16.4. The van der Waals surface area contributed by atoms with Crippen molar-refractivity contribution in [2.75, 3.05) is 42.0 Å². The molecule has 0 unspecified atom stereocenters. The first-order valence-electron chi connectivity index (χ1n) is 9.56. The summed E-state index contributed by atoms with van der Waals surface area (Å²) in [5.74, 6) is 1.67. The van der Waals surface area contributed by atoms with E-state index in [0.29, 0.717) is 23.8 Å². The van der Waals surface area contributed by atoms with Gasteiger partial charge in [0, 0.05) is 19.2 Å². The number of nitriles is 1. The molecule has 1 aliphatic rings. The molecule has 0 heterocycles. The highest BCUT2D eigenvalue weighted by Crippen LogP contribution is 2.40. The van der Waals surface area contributed by atoms with Crippen molar-refractivity contribution in [1.82, 2.24) is 9.80 Å². The van der Waals surface area contributed by atoms with Crippen molar-refractivity contribution in [3.63, 3.8) is 0 Å². The molecule has 1 aromatic carbocycles. The van der Waals surface area contributed by atoms with Crippen molar-refractivity contribution in [1.29, 1.82) is 5.26 Å². The molecule has 154 valence electrons. The highest BCUT2D eigenvalue weighted by Gasteiger charge is 2.38. The highest BCUT2D eigenvalue weighted by atomic mass is 16.5. The van der Waals surface area contributed by atoms with E-state index in [1.165, 1.54) is 0 Å². The van der Waals surface area contributed by atoms with Gasteiger partial charge in [-0.15, -0.1) is 0 Å². The quantitative estimate of drug-likeness (QED) is 0.681. The minimum atomic E-state index is -0.669. The molecule has 0 saturated heterocycles. The van der Waals surface area contributed by atoms with E-state index in [1.807, 2.05) is 24.1 Å². The number of rotatable bonds is 8. The first-order valence-corrected chi connectivity index (χ1v) is 9.56. The summed E-state index contributed by atoms with van der Waals surface area (Å²) in [6, 6.07) is 6.13. The average molecular weight is 389 g/mol. The number of nitrogens with zero attached hydrogens (tertiary/aromatic N) is 3. The van der Waals surface area contributed by atoms with Crippen LogP contribution in [0.5, 0.6) is 17.2 Å². The summed E-state index contributed by atoms with van der Waals surface area (Å²) < 4.78 is 16.3. The van der Waals surface area contributed by atoms with Crippen molar-refractivity contribution in [2.24, 2.45) is 0 Å². The molecule has 0 atom stereocenters. The van der Waals surface area contributed by atoms with Crippen LogP contribution in [0.25, 0.3) is 0 Å². The number of carbonyl (C=O) groups excluding carboxylic acids is 1. The zero-order valence-corrected chi connectivity index (χ0v) is 17.6. The first-order chi connectivity index (χ1) is 13.4. The van der Waals surface area contributed by atoms with E-state index >= 15 is 0 Å². The van der Waals surface area contributed by atoms with Gasteiger partial charge >= 0.3 is 0 Å². The highest BCUT2D eigenvalue weighted by molar-refractivity contribution is 5.79. The van der Waals surface area contributed by atoms with E-state index in [4.69, 9.17) is 14.2 Å². The molecule has 0 N–H and O–H groups in total. The lowest BCUT2D eigenvalue weighted by molar-refractivity contribution is -0.135. The smallest absolute Gasteiger partial charge is 0.237 e. The molecule has 28 heavy (non-hydrogen) atoms. The molecule has 0 spiro atoms. The number of hydrogen-bond acceptors (Lipinski definition) is 6. The maximum absolute atomic E-state index is 12.8. The molecule has 7 heteroatoms. The molecule has 1 amide bonds. The second-order valence-electron chi connectivity index (χ2n) is 7.32. The fourth-order valence-corrected chi connectivity index (χ4v) is 3.87. The Hall–Kier alpha value is -2.46. The molecule has 0 radical (unpaired) electrons. The lowest BCUT2D eigenvalue weighted by Gasteiger charge is -2.39. The van der Waals surface area contributed by atoms with E-state index in [1.54, 1.807) is 33.3 Å². The molecule has 1 fully saturated rings. The molecule has 2 rings (SSSR count). The molecular formula is C21H31N3O4. The van der Waals surface area contributed by atoms with Crippen molar-refractivity contribution in [3.8, 4) is 23.3 Å². The Morgan fingerprint density at radius 1 is 1.07 bits per heavy atom. The van der Waals surface area contributed by atoms with Crippen molar-refractivity contribution >= 4 is 5.91 Å². The normalized spacial score (nSPS) is 15.6. The van der Waals surface area contributed by atoms with Crippen LogP contribution in [0.2, 0.25) is 0 Å². The van der Waals surface area contributed by atoms with Crippen LogP contribution in [-0.4, -0.2) is 63.2 Å². The first kappa shape index (κ1) is 21.8. The van der Waals surface area contributed by atoms with Gasteiger partial charge in [-0.1, -0.05) is 25.3 Å². The average Bonchev–Trinajstić information content (AvgIpc) is 2.72. The van der Waals surface area contributed by atoms with Crippen LogP contribution < -0.4 is 14.2 Å². The zero-order chi connectivity index (χ0) is 20.7. The third kappa shape index (κ3) is 4.50. The van der Waals surface area contributed by atoms with Crippen LogP contribution in [0.3, 0.4) is 0 Å². The van der Waals surface area contributed by atoms with Crippen LogP contribution in [0, 0.1) is 11.3 Å². The number of likely N-dealkylation sites (N-methyl/N-ethyl adjacent to an activating group) is 2. The second-order valence-corrected chi connectivity index (χ2v) is 7.32. The number of ether oxygens (including phenoxy) is 3. The number of hydrogen-bond donors (Lipinski definition) is 0. The van der Waals surface area contributed by atoms with E-state index < -0.39 is 5.54 Å². The Bertz CT molecular complexity index is 723. The summed E-state index contributed by atoms with van der Waals surface area (Å²) in [5, 5.41) is 9.71. The Labute approximate surface area is 167 Å². The topological polar surface area (TPSA) is 75.0 Å². The summed E-state index contributed by atoms with van der Waals surface area (Å²) >= 11 is 0. The van der Waals surface area contributed by atoms with Crippen LogP contribution in [0.1, 0.15) is 37.7 Å². The standard InChI is InChI=1S/C21H31N3O4/c1-23(13-16-9-10-17(26-3)20(28-5)19(16)27-4)14-18(25)24(2)21(15-22)11-7-6-8-12-21/h9-10H,6-8,11-14H2,1-5H3. The molecule has 1 saturated carbocycles. The Balaban J connectivity index is 2.10. The van der Waals surface area contributed by atoms with Gasteiger partial charge in [-0.25, -0.2) is 0 Å². The molecule has 0 bridgehead atoms. The maximum Gasteiger partial charge on any atom is 0.237 e. The van der Waals surface area contributed by atoms with Gasteiger partial charge in [0.1, 0.15) is 5.54 Å². The number of benzene rings is 1. The van der Waals surface area contributed by atoms with Gasteiger partial charge in [0.25, 0.3) is 0 Å². The predicted octanol–water partition coefficient (Wildman–Crippen LogP) is 2.83. The van der Waals surface area contributed by atoms with Crippen LogP contribution >= 0.6 is 0 Å². The third-order valence-corrected chi connectivity index (χ3v) is 5.54. The van der Waals surface area contributed by atoms with Gasteiger partial charge in [-0.2, -0.15) is 5.26 Å². The Kier molecular flexibility index (Phi) is 7.53. The van der Waals surface area contributed by atoms with Gasteiger partial charge < -0.3 is 19.1 Å². The Morgan fingerprint density at radius 2 is 1.71 bits per heavy atom. The van der Waals surface area contributed by atoms with Crippen LogP contribution in [0.15, 0.2) is 12.1 Å².